The number of aliphatic hydroxyl groups is 1. The fraction of sp³-hybridized carbons (Fsp3) is 0.587. The third-order valence-electron chi connectivity index (χ3n) is 11.9. The molecule has 2 amide bonds. The molecule has 1 aromatic heterocycles. The van der Waals surface area contributed by atoms with E-state index < -0.39 is 124 Å². The summed E-state index contributed by atoms with van der Waals surface area (Å²) in [7, 11) is -3.23. The SMILES string of the molecule is C=CCN(CC=C)[C@@H]1c2onc(OCCCC)c2C(=O)[C@@]2(O[Si](C)(C)C(C)(C)C)C(=O)C3=C(O)c4c(O)c(N(C(=O)OC(C)(C)C)C(=O)OC(C)(C)C)cc(OC(F)(F)F)c4C[C@H]3C[C@@H]12. The van der Waals surface area contributed by atoms with Crippen molar-refractivity contribution in [1.82, 2.24) is 10.1 Å². The van der Waals surface area contributed by atoms with Crippen molar-refractivity contribution in [2.75, 3.05) is 24.6 Å². The number of halogens is 3. The molecule has 65 heavy (non-hydrogen) atoms. The number of hydrogen-bond acceptors (Lipinski definition) is 14. The van der Waals surface area contributed by atoms with E-state index in [-0.39, 0.29) is 48.2 Å². The molecule has 5 rings (SSSR count). The van der Waals surface area contributed by atoms with Gasteiger partial charge < -0.3 is 38.1 Å². The van der Waals surface area contributed by atoms with Gasteiger partial charge in [-0.25, -0.2) is 9.59 Å². The molecule has 4 atom stereocenters. The van der Waals surface area contributed by atoms with Crippen LogP contribution in [0.25, 0.3) is 5.76 Å². The number of rotatable bonds is 13. The first-order valence-electron chi connectivity index (χ1n) is 21.6. The highest BCUT2D eigenvalue weighted by molar-refractivity contribution is 6.74. The average Bonchev–Trinajstić information content (AvgIpc) is 3.55. The normalized spacial score (nSPS) is 21.2. The predicted molar refractivity (Wildman–Crippen MR) is 237 cm³/mol. The quantitative estimate of drug-likeness (QED) is 0.0836. The highest BCUT2D eigenvalue weighted by Crippen LogP contribution is 2.60. The van der Waals surface area contributed by atoms with Crippen LogP contribution in [0, 0.1) is 11.8 Å². The summed E-state index contributed by atoms with van der Waals surface area (Å²) < 4.78 is 77.7. The number of aromatic nitrogens is 1. The van der Waals surface area contributed by atoms with Crippen molar-refractivity contribution in [1.29, 1.82) is 0 Å². The third-order valence-corrected chi connectivity index (χ3v) is 16.4. The van der Waals surface area contributed by atoms with Crippen LogP contribution < -0.4 is 14.4 Å². The summed E-state index contributed by atoms with van der Waals surface area (Å²) in [6, 6.07) is -0.348. The van der Waals surface area contributed by atoms with Gasteiger partial charge in [0.25, 0.3) is 5.88 Å². The van der Waals surface area contributed by atoms with Crippen molar-refractivity contribution in [2.45, 2.75) is 142 Å². The van der Waals surface area contributed by atoms with E-state index in [2.05, 4.69) is 23.1 Å². The van der Waals surface area contributed by atoms with Crippen LogP contribution in [0.5, 0.6) is 17.4 Å². The molecule has 0 saturated heterocycles. The van der Waals surface area contributed by atoms with E-state index in [9.17, 15) is 33.0 Å². The molecule has 1 fully saturated rings. The number of nitrogens with zero attached hydrogens (tertiary/aromatic N) is 3. The lowest BCUT2D eigenvalue weighted by Gasteiger charge is -2.55. The molecular weight excluding hydrogens is 872 g/mol. The average molecular weight is 934 g/mol. The number of fused-ring (bicyclic) bond motifs is 4. The van der Waals surface area contributed by atoms with Gasteiger partial charge in [0.05, 0.1) is 18.2 Å². The number of amides is 2. The Morgan fingerprint density at radius 2 is 1.52 bits per heavy atom. The summed E-state index contributed by atoms with van der Waals surface area (Å²) in [6.07, 6.45) is -4.35. The van der Waals surface area contributed by atoms with Gasteiger partial charge in [0, 0.05) is 36.2 Å². The number of benzene rings is 1. The Kier molecular flexibility index (Phi) is 14.0. The second-order valence-electron chi connectivity index (χ2n) is 20.1. The molecule has 1 heterocycles. The van der Waals surface area contributed by atoms with Crippen molar-refractivity contribution in [3.05, 3.63) is 59.4 Å². The van der Waals surface area contributed by atoms with Crippen LogP contribution in [0.2, 0.25) is 18.1 Å². The van der Waals surface area contributed by atoms with Crippen LogP contribution in [0.1, 0.15) is 122 Å². The molecule has 15 nitrogen and oxygen atoms in total. The second kappa shape index (κ2) is 17.9. The monoisotopic (exact) mass is 933 g/mol. The van der Waals surface area contributed by atoms with E-state index in [1.807, 2.05) is 45.7 Å². The highest BCUT2D eigenvalue weighted by atomic mass is 28.4. The van der Waals surface area contributed by atoms with Crippen molar-refractivity contribution in [3.63, 3.8) is 0 Å². The van der Waals surface area contributed by atoms with Crippen molar-refractivity contribution >= 4 is 43.5 Å². The zero-order chi connectivity index (χ0) is 49.0. The Morgan fingerprint density at radius 1 is 0.954 bits per heavy atom. The van der Waals surface area contributed by atoms with Crippen LogP contribution >= 0.6 is 0 Å². The number of hydrogen-bond donors (Lipinski definition) is 2. The summed E-state index contributed by atoms with van der Waals surface area (Å²) in [6.45, 7) is 28.6. The Balaban J connectivity index is 1.89. The third kappa shape index (κ3) is 9.87. The number of alkyl halides is 3. The molecule has 0 radical (unpaired) electrons. The van der Waals surface area contributed by atoms with Gasteiger partial charge in [0.2, 0.25) is 11.6 Å². The molecule has 19 heteroatoms. The topological polar surface area (TPSA) is 187 Å². The van der Waals surface area contributed by atoms with Gasteiger partial charge in [0.15, 0.2) is 25.4 Å². The van der Waals surface area contributed by atoms with Gasteiger partial charge in [0.1, 0.15) is 34.0 Å². The number of Topliss-reactive ketones (excluding diaryl/α,β-unsaturated/α-hetero) is 2. The van der Waals surface area contributed by atoms with Crippen LogP contribution in [0.3, 0.4) is 0 Å². The highest BCUT2D eigenvalue weighted by Gasteiger charge is 2.69. The first-order chi connectivity index (χ1) is 29.9. The predicted octanol–water partition coefficient (Wildman–Crippen LogP) is 10.5. The lowest BCUT2D eigenvalue weighted by Crippen LogP contribution is -2.68. The maximum atomic E-state index is 16.0. The number of unbranched alkanes of at least 4 members (excludes halogenated alkanes) is 1. The van der Waals surface area contributed by atoms with E-state index in [1.54, 1.807) is 12.2 Å². The summed E-state index contributed by atoms with van der Waals surface area (Å²) in [5.74, 6) is -7.31. The number of aromatic hydroxyl groups is 1. The smallest absolute Gasteiger partial charge is 0.507 e. The Bertz CT molecular complexity index is 2230. The number of phenols is 1. The molecule has 358 valence electrons. The molecule has 0 aliphatic heterocycles. The molecule has 1 saturated carbocycles. The molecule has 0 spiro atoms. The van der Waals surface area contributed by atoms with Gasteiger partial charge in [-0.3, -0.25) is 14.5 Å². The zero-order valence-corrected chi connectivity index (χ0v) is 40.3. The Hall–Kier alpha value is -5.14. The summed E-state index contributed by atoms with van der Waals surface area (Å²) in [5, 5.41) is 28.2. The molecule has 3 aliphatic rings. The van der Waals surface area contributed by atoms with Crippen LogP contribution in [-0.2, 0) is 25.1 Å². The number of imide groups is 1. The minimum absolute atomic E-state index is 0.0815. The van der Waals surface area contributed by atoms with E-state index in [0.717, 1.165) is 6.42 Å². The van der Waals surface area contributed by atoms with Crippen LogP contribution in [-0.4, -0.2) is 95.2 Å². The standard InChI is InChI=1S/C46H62F3N3O12Si/c1-15-18-21-59-39-32-36(63-50-39)33(51(19-16-2)20-17-3)27-23-25-22-26-29(60-46(47,48)49)24-28(52(40(57)61-42(4,5)6)41(58)62-43(7,8)9)34(53)31(26)35(54)30(25)37(55)45(27,38(32)56)64-65(13,14)44(10,11)12/h16-17,24-25,27,33,53-54H,2-3,15,18-23H2,1,4-14H3/t25-,27-,33-,45-/m0/s1. The second-order valence-corrected chi connectivity index (χ2v) is 24.8. The zero-order valence-electron chi connectivity index (χ0n) is 39.3. The number of carbonyl (C=O) groups is 4. The van der Waals surface area contributed by atoms with Gasteiger partial charge in [-0.2, -0.15) is 4.90 Å². The first-order valence-corrected chi connectivity index (χ1v) is 24.5. The maximum absolute atomic E-state index is 16.0. The molecule has 2 aromatic rings. The fourth-order valence-corrected chi connectivity index (χ4v) is 9.74. The van der Waals surface area contributed by atoms with Crippen LogP contribution in [0.4, 0.5) is 28.4 Å². The largest absolute Gasteiger partial charge is 0.573 e. The summed E-state index contributed by atoms with van der Waals surface area (Å²) in [5.41, 5.74) is -7.62. The Morgan fingerprint density at radius 3 is 2.02 bits per heavy atom. The first kappa shape index (κ1) is 50.9. The molecule has 0 bridgehead atoms. The van der Waals surface area contributed by atoms with Crippen molar-refractivity contribution < 1.29 is 70.5 Å². The summed E-state index contributed by atoms with van der Waals surface area (Å²) >= 11 is 0. The van der Waals surface area contributed by atoms with Gasteiger partial charge in [-0.05, 0) is 90.0 Å². The molecule has 1 aromatic carbocycles. The molecule has 3 aliphatic carbocycles. The summed E-state index contributed by atoms with van der Waals surface area (Å²) in [4.78, 5) is 61.2. The van der Waals surface area contributed by atoms with Crippen LogP contribution in [0.15, 0.2) is 41.5 Å². The molecule has 0 unspecified atom stereocenters. The van der Waals surface area contributed by atoms with E-state index in [1.165, 1.54) is 41.5 Å². The minimum atomic E-state index is -5.38. The van der Waals surface area contributed by atoms with E-state index in [0.29, 0.717) is 12.5 Å². The molecule has 2 N–H and O–H groups in total. The van der Waals surface area contributed by atoms with E-state index in [4.69, 9.17) is 23.2 Å². The van der Waals surface area contributed by atoms with Gasteiger partial charge in [-0.15, -0.1) is 26.3 Å². The van der Waals surface area contributed by atoms with Gasteiger partial charge >= 0.3 is 18.5 Å². The lowest BCUT2D eigenvalue weighted by molar-refractivity contribution is -0.275. The number of aliphatic hydroxyl groups excluding tert-OH is 1. The van der Waals surface area contributed by atoms with E-state index >= 15 is 9.59 Å². The fourth-order valence-electron chi connectivity index (χ4n) is 8.29. The lowest BCUT2D eigenvalue weighted by atomic mass is 9.57. The number of ether oxygens (including phenoxy) is 4. The number of anilines is 1. The van der Waals surface area contributed by atoms with Crippen molar-refractivity contribution in [3.8, 4) is 17.4 Å². The minimum Gasteiger partial charge on any atom is -0.507 e. The van der Waals surface area contributed by atoms with Gasteiger partial charge in [-0.1, -0.05) is 46.3 Å². The molecular formula is C46H62F3N3O12Si. The van der Waals surface area contributed by atoms with Crippen molar-refractivity contribution in [2.24, 2.45) is 11.8 Å². The number of ketones is 2. The Labute approximate surface area is 378 Å². The number of phenolic OH excluding ortho intramolecular Hbond substituents is 1. The maximum Gasteiger partial charge on any atom is 0.573 e. The number of carbonyl (C=O) groups excluding carboxylic acids is 4.